The lowest BCUT2D eigenvalue weighted by atomic mass is 9.99. The Hall–Kier alpha value is -3.44. The molecule has 3 aromatic carbocycles. The van der Waals surface area contributed by atoms with Gasteiger partial charge in [0.05, 0.1) is 13.2 Å². The maximum atomic E-state index is 13.0. The van der Waals surface area contributed by atoms with Gasteiger partial charge in [-0.05, 0) is 35.4 Å². The third-order valence-corrected chi connectivity index (χ3v) is 4.92. The molecule has 0 radical (unpaired) electrons. The van der Waals surface area contributed by atoms with Gasteiger partial charge in [0.2, 0.25) is 0 Å². The van der Waals surface area contributed by atoms with Crippen LogP contribution in [0.2, 0.25) is 0 Å². The minimum atomic E-state index is -0.208. The number of carbonyl (C=O) groups excluding carboxylic acids is 2. The molecule has 1 N–H and O–H groups in total. The molecule has 1 heterocycles. The van der Waals surface area contributed by atoms with Crippen molar-refractivity contribution in [2.75, 3.05) is 31.6 Å². The van der Waals surface area contributed by atoms with Gasteiger partial charge in [-0.2, -0.15) is 0 Å². The molecule has 1 saturated heterocycles. The summed E-state index contributed by atoms with van der Waals surface area (Å²) in [6.07, 6.45) is 0. The number of amides is 2. The second-order valence-electron chi connectivity index (χ2n) is 6.85. The van der Waals surface area contributed by atoms with Gasteiger partial charge in [0.15, 0.2) is 0 Å². The Morgan fingerprint density at radius 1 is 0.828 bits per heavy atom. The fraction of sp³-hybridized carbons (Fsp3) is 0.167. The molecule has 0 bridgehead atoms. The van der Waals surface area contributed by atoms with Gasteiger partial charge in [-0.25, -0.2) is 0 Å². The van der Waals surface area contributed by atoms with E-state index in [-0.39, 0.29) is 11.8 Å². The molecule has 0 spiro atoms. The Balaban J connectivity index is 1.55. The van der Waals surface area contributed by atoms with Crippen LogP contribution >= 0.6 is 0 Å². The lowest BCUT2D eigenvalue weighted by molar-refractivity contribution is 0.0303. The summed E-state index contributed by atoms with van der Waals surface area (Å²) in [6.45, 7) is 2.27. The maximum absolute atomic E-state index is 13.0. The summed E-state index contributed by atoms with van der Waals surface area (Å²) < 4.78 is 5.31. The summed E-state index contributed by atoms with van der Waals surface area (Å²) in [6, 6.07) is 24.4. The zero-order valence-electron chi connectivity index (χ0n) is 16.0. The van der Waals surface area contributed by atoms with E-state index in [2.05, 4.69) is 5.32 Å². The summed E-state index contributed by atoms with van der Waals surface area (Å²) >= 11 is 0. The fourth-order valence-corrected chi connectivity index (χ4v) is 3.43. The molecule has 146 valence electrons. The van der Waals surface area contributed by atoms with E-state index in [4.69, 9.17) is 4.74 Å². The Bertz CT molecular complexity index is 1010. The molecule has 0 unspecified atom stereocenters. The molecule has 4 rings (SSSR count). The number of hydrogen-bond acceptors (Lipinski definition) is 3. The summed E-state index contributed by atoms with van der Waals surface area (Å²) in [5.74, 6) is -0.255. The minimum Gasteiger partial charge on any atom is -0.378 e. The average molecular weight is 386 g/mol. The van der Waals surface area contributed by atoms with Gasteiger partial charge >= 0.3 is 0 Å². The van der Waals surface area contributed by atoms with E-state index in [9.17, 15) is 9.59 Å². The maximum Gasteiger partial charge on any atom is 0.256 e. The second-order valence-corrected chi connectivity index (χ2v) is 6.85. The molecule has 5 nitrogen and oxygen atoms in total. The number of hydrogen-bond donors (Lipinski definition) is 1. The number of benzene rings is 3. The van der Waals surface area contributed by atoms with Crippen LogP contribution in [0.5, 0.6) is 0 Å². The average Bonchev–Trinajstić information content (AvgIpc) is 2.80. The monoisotopic (exact) mass is 386 g/mol. The largest absolute Gasteiger partial charge is 0.378 e. The zero-order valence-corrected chi connectivity index (χ0v) is 16.0. The highest BCUT2D eigenvalue weighted by Gasteiger charge is 2.19. The molecule has 2 amide bonds. The first kappa shape index (κ1) is 18.9. The second kappa shape index (κ2) is 8.71. The van der Waals surface area contributed by atoms with Crippen molar-refractivity contribution in [2.24, 2.45) is 0 Å². The number of anilines is 1. The first-order valence-corrected chi connectivity index (χ1v) is 9.65. The predicted molar refractivity (Wildman–Crippen MR) is 113 cm³/mol. The first-order valence-electron chi connectivity index (χ1n) is 9.65. The fourth-order valence-electron chi connectivity index (χ4n) is 3.43. The number of nitrogens with zero attached hydrogens (tertiary/aromatic N) is 1. The highest BCUT2D eigenvalue weighted by Crippen LogP contribution is 2.24. The van der Waals surface area contributed by atoms with Crippen molar-refractivity contribution in [2.45, 2.75) is 0 Å². The van der Waals surface area contributed by atoms with Crippen LogP contribution in [0.4, 0.5) is 5.69 Å². The van der Waals surface area contributed by atoms with Crippen LogP contribution in [-0.2, 0) is 4.74 Å². The normalized spacial score (nSPS) is 13.7. The minimum absolute atomic E-state index is 0.0471. The predicted octanol–water partition coefficient (Wildman–Crippen LogP) is 4.08. The van der Waals surface area contributed by atoms with E-state index >= 15 is 0 Å². The van der Waals surface area contributed by atoms with E-state index in [0.29, 0.717) is 43.1 Å². The molecule has 5 heteroatoms. The van der Waals surface area contributed by atoms with Crippen LogP contribution < -0.4 is 5.32 Å². The van der Waals surface area contributed by atoms with E-state index in [0.717, 1.165) is 11.1 Å². The highest BCUT2D eigenvalue weighted by molar-refractivity contribution is 6.09. The van der Waals surface area contributed by atoms with Crippen LogP contribution in [0.25, 0.3) is 11.1 Å². The molecule has 29 heavy (non-hydrogen) atoms. The lowest BCUT2D eigenvalue weighted by Crippen LogP contribution is -2.40. The summed E-state index contributed by atoms with van der Waals surface area (Å²) in [4.78, 5) is 27.4. The van der Waals surface area contributed by atoms with Gasteiger partial charge in [-0.3, -0.25) is 9.59 Å². The van der Waals surface area contributed by atoms with Crippen LogP contribution in [0, 0.1) is 0 Å². The van der Waals surface area contributed by atoms with Crippen molar-refractivity contribution in [3.63, 3.8) is 0 Å². The molecular formula is C24H22N2O3. The van der Waals surface area contributed by atoms with Gasteiger partial charge in [0.1, 0.15) is 0 Å². The molecule has 0 aliphatic carbocycles. The van der Waals surface area contributed by atoms with Gasteiger partial charge in [0, 0.05) is 29.9 Å². The number of carbonyl (C=O) groups is 2. The van der Waals surface area contributed by atoms with E-state index in [1.807, 2.05) is 48.5 Å². The zero-order chi connectivity index (χ0) is 20.1. The summed E-state index contributed by atoms with van der Waals surface area (Å²) in [5.41, 5.74) is 3.59. The van der Waals surface area contributed by atoms with Crippen molar-refractivity contribution < 1.29 is 14.3 Å². The van der Waals surface area contributed by atoms with Crippen molar-refractivity contribution in [1.29, 1.82) is 0 Å². The van der Waals surface area contributed by atoms with Gasteiger partial charge < -0.3 is 15.0 Å². The Morgan fingerprint density at radius 3 is 2.34 bits per heavy atom. The summed E-state index contributed by atoms with van der Waals surface area (Å²) in [7, 11) is 0. The highest BCUT2D eigenvalue weighted by atomic mass is 16.5. The van der Waals surface area contributed by atoms with Crippen LogP contribution in [0.15, 0.2) is 78.9 Å². The topological polar surface area (TPSA) is 58.6 Å². The molecular weight excluding hydrogens is 364 g/mol. The van der Waals surface area contributed by atoms with E-state index in [1.54, 1.807) is 35.2 Å². The Morgan fingerprint density at radius 2 is 1.55 bits per heavy atom. The first-order chi connectivity index (χ1) is 14.2. The molecule has 1 aliphatic rings. The molecule has 0 saturated carbocycles. The SMILES string of the molecule is O=C(Nc1cccc(C(=O)N2CCOCC2)c1)c1ccccc1-c1ccccc1. The Labute approximate surface area is 169 Å². The van der Waals surface area contributed by atoms with Crippen LogP contribution in [-0.4, -0.2) is 43.0 Å². The molecule has 1 aliphatic heterocycles. The molecule has 3 aromatic rings. The quantitative estimate of drug-likeness (QED) is 0.735. The number of rotatable bonds is 4. The Kier molecular flexibility index (Phi) is 5.68. The summed E-state index contributed by atoms with van der Waals surface area (Å²) in [5, 5.41) is 2.93. The van der Waals surface area contributed by atoms with Gasteiger partial charge in [-0.15, -0.1) is 0 Å². The van der Waals surface area contributed by atoms with Crippen LogP contribution in [0.3, 0.4) is 0 Å². The van der Waals surface area contributed by atoms with Gasteiger partial charge in [0.25, 0.3) is 11.8 Å². The third-order valence-electron chi connectivity index (χ3n) is 4.92. The molecule has 0 atom stereocenters. The van der Waals surface area contributed by atoms with Crippen LogP contribution in [0.1, 0.15) is 20.7 Å². The third kappa shape index (κ3) is 4.36. The van der Waals surface area contributed by atoms with Gasteiger partial charge in [-0.1, -0.05) is 54.6 Å². The van der Waals surface area contributed by atoms with Crippen molar-refractivity contribution in [3.8, 4) is 11.1 Å². The number of nitrogens with one attached hydrogen (secondary N) is 1. The molecule has 0 aromatic heterocycles. The lowest BCUT2D eigenvalue weighted by Gasteiger charge is -2.27. The van der Waals surface area contributed by atoms with Crippen molar-refractivity contribution >= 4 is 17.5 Å². The van der Waals surface area contributed by atoms with Crippen molar-refractivity contribution in [1.82, 2.24) is 4.90 Å². The standard InChI is InChI=1S/C24H22N2O3/c27-23(22-12-5-4-11-21(22)18-7-2-1-3-8-18)25-20-10-6-9-19(17-20)24(28)26-13-15-29-16-14-26/h1-12,17H,13-16H2,(H,25,27). The smallest absolute Gasteiger partial charge is 0.256 e. The molecule has 1 fully saturated rings. The van der Waals surface area contributed by atoms with E-state index in [1.165, 1.54) is 0 Å². The van der Waals surface area contributed by atoms with Crippen molar-refractivity contribution in [3.05, 3.63) is 90.0 Å². The number of ether oxygens (including phenoxy) is 1. The van der Waals surface area contributed by atoms with E-state index < -0.39 is 0 Å². The number of morpholine rings is 1.